The van der Waals surface area contributed by atoms with E-state index in [0.29, 0.717) is 21.4 Å². The number of carboxylic acid groups (broad SMARTS) is 1. The fourth-order valence-electron chi connectivity index (χ4n) is 3.65. The third kappa shape index (κ3) is 5.79. The number of fused-ring (bicyclic) bond motifs is 1. The molecule has 3 atom stereocenters. The van der Waals surface area contributed by atoms with E-state index in [9.17, 15) is 37.5 Å². The number of anilines is 1. The molecule has 2 unspecified atom stereocenters. The third-order valence-electron chi connectivity index (χ3n) is 5.49. The lowest BCUT2D eigenvalue weighted by Crippen LogP contribution is -2.71. The number of aliphatic carboxylic acids is 1. The summed E-state index contributed by atoms with van der Waals surface area (Å²) in [5.74, 6) is -4.10. The lowest BCUT2D eigenvalue weighted by atomic mass is 10.0. The minimum absolute atomic E-state index is 0.126. The molecular formula is C21H19F3N6O5S3. The number of carbonyl (C=O) groups excluding carboxylic acids is 3. The Morgan fingerprint density at radius 2 is 1.95 bits per heavy atom. The summed E-state index contributed by atoms with van der Waals surface area (Å²) < 4.78 is 37.9. The van der Waals surface area contributed by atoms with Gasteiger partial charge in [-0.2, -0.15) is 13.2 Å². The Bertz CT molecular complexity index is 1320. The van der Waals surface area contributed by atoms with Crippen molar-refractivity contribution in [1.29, 1.82) is 0 Å². The van der Waals surface area contributed by atoms with Crippen LogP contribution in [0.1, 0.15) is 16.6 Å². The Hall–Kier alpha value is -3.15. The highest BCUT2D eigenvalue weighted by molar-refractivity contribution is 8.01. The molecule has 11 nitrogen and oxygen atoms in total. The number of β-lactam (4-membered cyclic amide) rings is 1. The molecule has 0 spiro atoms. The fourth-order valence-corrected chi connectivity index (χ4v) is 6.95. The summed E-state index contributed by atoms with van der Waals surface area (Å²) in [5.41, 5.74) is 6.47. The Morgan fingerprint density at radius 3 is 2.53 bits per heavy atom. The van der Waals surface area contributed by atoms with Crippen LogP contribution in [0.5, 0.6) is 0 Å². The van der Waals surface area contributed by atoms with Gasteiger partial charge in [-0.1, -0.05) is 35.2 Å². The molecule has 2 aliphatic heterocycles. The number of alkyl halides is 3. The molecule has 2 aromatic rings. The third-order valence-corrected chi connectivity index (χ3v) is 8.89. The number of benzene rings is 1. The highest BCUT2D eigenvalue weighted by atomic mass is 32.2. The molecule has 1 fully saturated rings. The number of aromatic nitrogens is 2. The van der Waals surface area contributed by atoms with E-state index in [1.165, 1.54) is 47.0 Å². The predicted octanol–water partition coefficient (Wildman–Crippen LogP) is 1.88. The zero-order valence-corrected chi connectivity index (χ0v) is 21.8. The highest BCUT2D eigenvalue weighted by Gasteiger charge is 2.54. The van der Waals surface area contributed by atoms with Gasteiger partial charge in [0.25, 0.3) is 5.91 Å². The normalized spacial score (nSPS) is 19.9. The van der Waals surface area contributed by atoms with Crippen LogP contribution in [-0.4, -0.2) is 73.0 Å². The van der Waals surface area contributed by atoms with Gasteiger partial charge < -0.3 is 21.5 Å². The van der Waals surface area contributed by atoms with Crippen LogP contribution in [0.2, 0.25) is 0 Å². The molecule has 0 saturated carbocycles. The van der Waals surface area contributed by atoms with Gasteiger partial charge in [-0.25, -0.2) is 4.79 Å². The molecule has 0 aliphatic carbocycles. The van der Waals surface area contributed by atoms with Gasteiger partial charge in [0.15, 0.2) is 4.34 Å². The van der Waals surface area contributed by atoms with Crippen molar-refractivity contribution >= 4 is 64.2 Å². The minimum Gasteiger partial charge on any atom is -0.477 e. The van der Waals surface area contributed by atoms with Gasteiger partial charge in [-0.15, -0.1) is 22.0 Å². The zero-order chi connectivity index (χ0) is 27.8. The number of hydrogen-bond acceptors (Lipinski definition) is 10. The maximum atomic E-state index is 12.9. The van der Waals surface area contributed by atoms with E-state index in [4.69, 9.17) is 5.73 Å². The van der Waals surface area contributed by atoms with E-state index in [0.717, 1.165) is 22.0 Å². The number of halogens is 3. The number of hydrogen-bond donors (Lipinski definition) is 4. The first-order valence-corrected chi connectivity index (χ1v) is 13.6. The second-order valence-corrected chi connectivity index (χ2v) is 11.6. The molecule has 2 aliphatic rings. The number of nitrogens with one attached hydrogen (secondary N) is 2. The van der Waals surface area contributed by atoms with Crippen LogP contribution in [0.25, 0.3) is 0 Å². The largest absolute Gasteiger partial charge is 0.477 e. The lowest BCUT2D eigenvalue weighted by Gasteiger charge is -2.49. The Labute approximate surface area is 225 Å². The van der Waals surface area contributed by atoms with Crippen LogP contribution >= 0.6 is 34.9 Å². The topological polar surface area (TPSA) is 168 Å². The zero-order valence-electron chi connectivity index (χ0n) is 19.3. The first-order chi connectivity index (χ1) is 17.9. The van der Waals surface area contributed by atoms with Crippen LogP contribution in [0, 0.1) is 6.92 Å². The van der Waals surface area contributed by atoms with Crippen molar-refractivity contribution in [1.82, 2.24) is 20.4 Å². The Balaban J connectivity index is 1.39. The van der Waals surface area contributed by atoms with Crippen LogP contribution in [0.15, 0.2) is 39.9 Å². The second-order valence-electron chi connectivity index (χ2n) is 8.08. The molecule has 3 heterocycles. The average Bonchev–Trinajstić information content (AvgIpc) is 3.29. The monoisotopic (exact) mass is 588 g/mol. The van der Waals surface area contributed by atoms with Gasteiger partial charge >= 0.3 is 18.1 Å². The van der Waals surface area contributed by atoms with Crippen molar-refractivity contribution in [2.75, 3.05) is 16.8 Å². The van der Waals surface area contributed by atoms with Crippen molar-refractivity contribution in [3.05, 3.63) is 46.1 Å². The van der Waals surface area contributed by atoms with Crippen molar-refractivity contribution in [2.45, 2.75) is 34.9 Å². The lowest BCUT2D eigenvalue weighted by molar-refractivity contribution is -0.167. The van der Waals surface area contributed by atoms with Crippen LogP contribution in [0.4, 0.5) is 18.9 Å². The summed E-state index contributed by atoms with van der Waals surface area (Å²) in [5, 5.41) is 22.1. The fraction of sp³-hybridized carbons (Fsp3) is 0.333. The molecule has 17 heteroatoms. The van der Waals surface area contributed by atoms with Crippen molar-refractivity contribution in [3.63, 3.8) is 0 Å². The standard InChI is InChI=1S/C21H19F3N6O5S3/c1-8-28-29-20(38-8)37-7-10-6-36-17-13(16(32)30(17)14(10)18(33)34)27-15(31)12(25)9-2-4-11(5-3-9)26-19(35)21(22,23)24/h2-5,12-13,17H,6-7,25H2,1H3,(H,26,35)(H,27,31)(H,33,34)/t12?,13?,17-/m0/s1. The van der Waals surface area contributed by atoms with Gasteiger partial charge in [-0.3, -0.25) is 19.3 Å². The van der Waals surface area contributed by atoms with Gasteiger partial charge in [0.2, 0.25) is 5.91 Å². The quantitative estimate of drug-likeness (QED) is 0.264. The molecule has 38 heavy (non-hydrogen) atoms. The number of carboxylic acids is 1. The summed E-state index contributed by atoms with van der Waals surface area (Å²) >= 11 is 4.00. The number of carbonyl (C=O) groups is 4. The van der Waals surface area contributed by atoms with Crippen LogP contribution < -0.4 is 16.4 Å². The van der Waals surface area contributed by atoms with Gasteiger partial charge in [0.05, 0.1) is 0 Å². The van der Waals surface area contributed by atoms with E-state index >= 15 is 0 Å². The molecule has 0 radical (unpaired) electrons. The maximum absolute atomic E-state index is 12.9. The van der Waals surface area contributed by atoms with Crippen LogP contribution in [0.3, 0.4) is 0 Å². The molecule has 1 aromatic heterocycles. The van der Waals surface area contributed by atoms with E-state index in [-0.39, 0.29) is 16.9 Å². The molecule has 3 amide bonds. The summed E-state index contributed by atoms with van der Waals surface area (Å²) in [6.45, 7) is 1.80. The van der Waals surface area contributed by atoms with Crippen molar-refractivity contribution in [3.8, 4) is 0 Å². The smallest absolute Gasteiger partial charge is 0.471 e. The van der Waals surface area contributed by atoms with Crippen molar-refractivity contribution < 1.29 is 37.5 Å². The first kappa shape index (κ1) is 27.9. The summed E-state index contributed by atoms with van der Waals surface area (Å²) in [6.07, 6.45) is -5.05. The Morgan fingerprint density at radius 1 is 1.26 bits per heavy atom. The van der Waals surface area contributed by atoms with Gasteiger partial charge in [-0.05, 0) is 30.2 Å². The highest BCUT2D eigenvalue weighted by Crippen LogP contribution is 2.42. The average molecular weight is 589 g/mol. The number of nitrogens with zero attached hydrogens (tertiary/aromatic N) is 3. The van der Waals surface area contributed by atoms with E-state index < -0.39 is 47.3 Å². The van der Waals surface area contributed by atoms with E-state index in [2.05, 4.69) is 15.5 Å². The predicted molar refractivity (Wildman–Crippen MR) is 133 cm³/mol. The second kappa shape index (κ2) is 10.9. The van der Waals surface area contributed by atoms with Crippen LogP contribution in [-0.2, 0) is 19.2 Å². The summed E-state index contributed by atoms with van der Waals surface area (Å²) in [4.78, 5) is 49.8. The number of amides is 3. The first-order valence-electron chi connectivity index (χ1n) is 10.7. The molecule has 0 bridgehead atoms. The maximum Gasteiger partial charge on any atom is 0.471 e. The Kier molecular flexibility index (Phi) is 8.01. The molecule has 202 valence electrons. The molecule has 1 aromatic carbocycles. The minimum atomic E-state index is -5.05. The molecule has 1 saturated heterocycles. The summed E-state index contributed by atoms with van der Waals surface area (Å²) in [7, 11) is 0. The molecule has 5 N–H and O–H groups in total. The SMILES string of the molecule is Cc1nnc(SCC2=C(C(=O)O)N3C(=O)C(NC(=O)C(N)c4ccc(NC(=O)C(F)(F)F)cc4)[C@@H]3SC2)s1. The van der Waals surface area contributed by atoms with Gasteiger partial charge in [0, 0.05) is 17.2 Å². The number of aryl methyl sites for hydroxylation is 1. The number of thioether (sulfide) groups is 2. The van der Waals surface area contributed by atoms with Gasteiger partial charge in [0.1, 0.15) is 28.2 Å². The number of nitrogens with two attached hydrogens (primary N) is 1. The number of rotatable bonds is 8. The van der Waals surface area contributed by atoms with E-state index in [1.807, 2.05) is 0 Å². The molecular weight excluding hydrogens is 569 g/mol. The van der Waals surface area contributed by atoms with Crippen molar-refractivity contribution in [2.24, 2.45) is 5.73 Å². The summed E-state index contributed by atoms with van der Waals surface area (Å²) in [6, 6.07) is 2.59. The molecule has 4 rings (SSSR count). The van der Waals surface area contributed by atoms with E-state index in [1.54, 1.807) is 12.2 Å².